The number of rotatable bonds is 4. The quantitative estimate of drug-likeness (QED) is 0.345. The molecule has 0 atom stereocenters. The van der Waals surface area contributed by atoms with Crippen LogP contribution in [0.25, 0.3) is 11.3 Å². The third-order valence-electron chi connectivity index (χ3n) is 5.76. The van der Waals surface area contributed by atoms with Crippen molar-refractivity contribution in [3.8, 4) is 11.3 Å². The molecule has 1 aliphatic rings. The molecule has 0 fully saturated rings. The third kappa shape index (κ3) is 4.58. The van der Waals surface area contributed by atoms with Gasteiger partial charge in [-0.1, -0.05) is 53.5 Å². The summed E-state index contributed by atoms with van der Waals surface area (Å²) in [6.07, 6.45) is 0.652. The fourth-order valence-corrected chi connectivity index (χ4v) is 4.53. The van der Waals surface area contributed by atoms with Crippen molar-refractivity contribution in [3.05, 3.63) is 111 Å². The van der Waals surface area contributed by atoms with Crippen LogP contribution in [0.15, 0.2) is 83.3 Å². The van der Waals surface area contributed by atoms with E-state index in [-0.39, 0.29) is 16.8 Å². The van der Waals surface area contributed by atoms with Crippen LogP contribution in [0.4, 0.5) is 5.69 Å². The molecule has 0 radical (unpaired) electrons. The average Bonchev–Trinajstić information content (AvgIpc) is 3.28. The molecule has 0 saturated carbocycles. The number of hydrogen-bond acceptors (Lipinski definition) is 3. The predicted octanol–water partition coefficient (Wildman–Crippen LogP) is 6.70. The van der Waals surface area contributed by atoms with Crippen LogP contribution in [-0.4, -0.2) is 23.3 Å². The van der Waals surface area contributed by atoms with Crippen LogP contribution >= 0.6 is 23.2 Å². The van der Waals surface area contributed by atoms with Crippen molar-refractivity contribution in [2.75, 3.05) is 11.9 Å². The molecule has 0 aliphatic carbocycles. The molecular formula is C27H20Cl2N2O3. The van der Waals surface area contributed by atoms with E-state index in [4.69, 9.17) is 27.6 Å². The van der Waals surface area contributed by atoms with Gasteiger partial charge in [0, 0.05) is 46.9 Å². The number of benzene rings is 3. The number of carbonyl (C=O) groups is 2. The molecule has 2 amide bonds. The lowest BCUT2D eigenvalue weighted by Crippen LogP contribution is -2.35. The number of anilines is 1. The Kier molecular flexibility index (Phi) is 6.14. The van der Waals surface area contributed by atoms with Crippen LogP contribution in [0.3, 0.4) is 0 Å². The van der Waals surface area contributed by atoms with E-state index >= 15 is 0 Å². The molecular weight excluding hydrogens is 471 g/mol. The molecule has 0 saturated heterocycles. The number of nitrogens with one attached hydrogen (secondary N) is 1. The second kappa shape index (κ2) is 9.37. The van der Waals surface area contributed by atoms with Gasteiger partial charge < -0.3 is 14.6 Å². The van der Waals surface area contributed by atoms with Gasteiger partial charge in [-0.3, -0.25) is 9.59 Å². The van der Waals surface area contributed by atoms with E-state index in [1.165, 1.54) is 6.07 Å². The monoisotopic (exact) mass is 490 g/mol. The zero-order valence-corrected chi connectivity index (χ0v) is 19.6. The second-order valence-electron chi connectivity index (χ2n) is 8.06. The Hall–Kier alpha value is -3.54. The highest BCUT2D eigenvalue weighted by Crippen LogP contribution is 2.31. The van der Waals surface area contributed by atoms with Crippen molar-refractivity contribution in [1.29, 1.82) is 0 Å². The predicted molar refractivity (Wildman–Crippen MR) is 133 cm³/mol. The van der Waals surface area contributed by atoms with Crippen LogP contribution in [-0.2, 0) is 13.0 Å². The fraction of sp³-hybridized carbons (Fsp3) is 0.111. The number of amides is 2. The third-order valence-corrected chi connectivity index (χ3v) is 6.30. The van der Waals surface area contributed by atoms with Gasteiger partial charge in [0.05, 0.1) is 10.6 Å². The van der Waals surface area contributed by atoms with Gasteiger partial charge >= 0.3 is 0 Å². The Labute approximate surface area is 206 Å². The van der Waals surface area contributed by atoms with Crippen LogP contribution in [0.1, 0.15) is 32.0 Å². The molecule has 4 aromatic rings. The Morgan fingerprint density at radius 1 is 0.912 bits per heavy atom. The molecule has 5 rings (SSSR count). The first-order chi connectivity index (χ1) is 16.5. The van der Waals surface area contributed by atoms with Gasteiger partial charge in [0.1, 0.15) is 11.5 Å². The molecule has 0 spiro atoms. The van der Waals surface area contributed by atoms with E-state index in [2.05, 4.69) is 5.32 Å². The summed E-state index contributed by atoms with van der Waals surface area (Å²) in [5.74, 6) is 1.27. The van der Waals surface area contributed by atoms with E-state index in [1.807, 2.05) is 59.5 Å². The van der Waals surface area contributed by atoms with Gasteiger partial charge in [-0.15, -0.1) is 0 Å². The van der Waals surface area contributed by atoms with Crippen LogP contribution in [0.2, 0.25) is 10.0 Å². The average molecular weight is 491 g/mol. The minimum absolute atomic E-state index is 0.0135. The second-order valence-corrected chi connectivity index (χ2v) is 8.90. The lowest BCUT2D eigenvalue weighted by Gasteiger charge is -2.26. The van der Waals surface area contributed by atoms with Crippen molar-refractivity contribution < 1.29 is 14.0 Å². The fourth-order valence-electron chi connectivity index (χ4n) is 4.03. The molecule has 7 heteroatoms. The maximum Gasteiger partial charge on any atom is 0.257 e. The normalized spacial score (nSPS) is 12.8. The minimum atomic E-state index is -0.326. The Balaban J connectivity index is 1.33. The summed E-state index contributed by atoms with van der Waals surface area (Å²) >= 11 is 12.1. The summed E-state index contributed by atoms with van der Waals surface area (Å²) in [6.45, 7) is 1.10. The summed E-state index contributed by atoms with van der Waals surface area (Å²) in [5.41, 5.74) is 3.46. The number of carbonyl (C=O) groups excluding carboxylic acids is 2. The lowest BCUT2D eigenvalue weighted by molar-refractivity contribution is 0.0730. The highest BCUT2D eigenvalue weighted by molar-refractivity contribution is 6.37. The smallest absolute Gasteiger partial charge is 0.257 e. The SMILES string of the molecule is O=C(Nc1cccc(-c2cc3c(o2)CCN(C(=O)c2ccccc2)C3)c1)c1ccc(Cl)cc1Cl. The number of furan rings is 1. The summed E-state index contributed by atoms with van der Waals surface area (Å²) in [6, 6.07) is 23.4. The molecule has 5 nitrogen and oxygen atoms in total. The van der Waals surface area contributed by atoms with Gasteiger partial charge in [0.15, 0.2) is 0 Å². The molecule has 170 valence electrons. The zero-order valence-electron chi connectivity index (χ0n) is 18.1. The van der Waals surface area contributed by atoms with E-state index in [9.17, 15) is 9.59 Å². The van der Waals surface area contributed by atoms with Gasteiger partial charge in [-0.25, -0.2) is 0 Å². The largest absolute Gasteiger partial charge is 0.461 e. The first-order valence-electron chi connectivity index (χ1n) is 10.8. The molecule has 0 bridgehead atoms. The van der Waals surface area contributed by atoms with Gasteiger partial charge in [0.2, 0.25) is 0 Å². The first kappa shape index (κ1) is 22.3. The zero-order chi connectivity index (χ0) is 23.7. The molecule has 0 unspecified atom stereocenters. The molecule has 1 aliphatic heterocycles. The van der Waals surface area contributed by atoms with Crippen LogP contribution < -0.4 is 5.32 Å². The Morgan fingerprint density at radius 2 is 1.74 bits per heavy atom. The topological polar surface area (TPSA) is 62.6 Å². The lowest BCUT2D eigenvalue weighted by atomic mass is 10.1. The van der Waals surface area contributed by atoms with Crippen molar-refractivity contribution in [2.45, 2.75) is 13.0 Å². The van der Waals surface area contributed by atoms with Crippen LogP contribution in [0.5, 0.6) is 0 Å². The summed E-state index contributed by atoms with van der Waals surface area (Å²) in [7, 11) is 0. The highest BCUT2D eigenvalue weighted by atomic mass is 35.5. The summed E-state index contributed by atoms with van der Waals surface area (Å²) < 4.78 is 6.12. The van der Waals surface area contributed by atoms with Crippen molar-refractivity contribution >= 4 is 40.7 Å². The van der Waals surface area contributed by atoms with Crippen molar-refractivity contribution in [3.63, 3.8) is 0 Å². The van der Waals surface area contributed by atoms with Gasteiger partial charge in [0.25, 0.3) is 11.8 Å². The van der Waals surface area contributed by atoms with E-state index in [0.29, 0.717) is 47.1 Å². The molecule has 34 heavy (non-hydrogen) atoms. The van der Waals surface area contributed by atoms with Crippen molar-refractivity contribution in [1.82, 2.24) is 4.90 Å². The number of nitrogens with zero attached hydrogens (tertiary/aromatic N) is 1. The molecule has 3 aromatic carbocycles. The van der Waals surface area contributed by atoms with E-state index in [0.717, 1.165) is 16.9 Å². The number of fused-ring (bicyclic) bond motifs is 1. The maximum atomic E-state index is 12.8. The van der Waals surface area contributed by atoms with Crippen molar-refractivity contribution in [2.24, 2.45) is 0 Å². The van der Waals surface area contributed by atoms with E-state index < -0.39 is 0 Å². The Morgan fingerprint density at radius 3 is 2.53 bits per heavy atom. The Bertz CT molecular complexity index is 1380. The van der Waals surface area contributed by atoms with E-state index in [1.54, 1.807) is 18.2 Å². The van der Waals surface area contributed by atoms with Crippen LogP contribution in [0, 0.1) is 0 Å². The van der Waals surface area contributed by atoms with Gasteiger partial charge in [-0.05, 0) is 48.5 Å². The first-order valence-corrected chi connectivity index (χ1v) is 11.6. The number of halogens is 2. The van der Waals surface area contributed by atoms with Gasteiger partial charge in [-0.2, -0.15) is 0 Å². The summed E-state index contributed by atoms with van der Waals surface area (Å²) in [4.78, 5) is 27.3. The molecule has 1 N–H and O–H groups in total. The highest BCUT2D eigenvalue weighted by Gasteiger charge is 2.25. The molecule has 1 aromatic heterocycles. The molecule has 2 heterocycles. The number of hydrogen-bond donors (Lipinski definition) is 1. The maximum absolute atomic E-state index is 12.8. The summed E-state index contributed by atoms with van der Waals surface area (Å²) in [5, 5.41) is 3.62. The standard InChI is InChI=1S/C27H20Cl2N2O3/c28-20-9-10-22(23(29)15-20)26(32)30-21-8-4-7-18(13-21)25-14-19-16-31(12-11-24(19)34-25)27(33)17-5-2-1-3-6-17/h1-10,13-15H,11-12,16H2,(H,30,32). The minimum Gasteiger partial charge on any atom is -0.461 e.